The molecule has 0 unspecified atom stereocenters. The summed E-state index contributed by atoms with van der Waals surface area (Å²) in [6, 6.07) is 10.7. The second kappa shape index (κ2) is 9.96. The number of nitrogens with one attached hydrogen (secondary N) is 2. The van der Waals surface area contributed by atoms with E-state index in [1.807, 2.05) is 38.1 Å². The number of aromatic nitrogens is 4. The number of rotatable bonds is 8. The van der Waals surface area contributed by atoms with E-state index >= 15 is 0 Å². The largest absolute Gasteiger partial charge is 0.484 e. The van der Waals surface area contributed by atoms with E-state index in [-0.39, 0.29) is 23.7 Å². The molecule has 0 aliphatic rings. The topological polar surface area (TPSA) is 116 Å². The van der Waals surface area contributed by atoms with E-state index in [1.165, 1.54) is 10.9 Å². The first-order valence-electron chi connectivity index (χ1n) is 10.5. The molecule has 0 aliphatic heterocycles. The molecule has 0 aliphatic carbocycles. The van der Waals surface area contributed by atoms with Crippen molar-refractivity contribution in [3.05, 3.63) is 76.2 Å². The molecule has 2 N–H and O–H groups in total. The molecule has 0 atom stereocenters. The molecular formula is C23H23BrN6O4. The molecular weight excluding hydrogens is 504 g/mol. The minimum atomic E-state index is -0.505. The summed E-state index contributed by atoms with van der Waals surface area (Å²) >= 11 is 3.42. The van der Waals surface area contributed by atoms with Crippen LogP contribution in [0.15, 0.2) is 57.7 Å². The molecule has 4 rings (SSSR count). The number of benzene rings is 1. The molecule has 0 saturated heterocycles. The zero-order valence-electron chi connectivity index (χ0n) is 18.8. The third kappa shape index (κ3) is 4.88. The fraction of sp³-hybridized carbons (Fsp3) is 0.217. The monoisotopic (exact) mass is 526 g/mol. The number of para-hydroxylation sites is 1. The van der Waals surface area contributed by atoms with E-state index in [2.05, 4.69) is 36.8 Å². The number of halogens is 1. The van der Waals surface area contributed by atoms with Crippen molar-refractivity contribution in [2.24, 2.45) is 7.05 Å². The Morgan fingerprint density at radius 3 is 2.50 bits per heavy atom. The van der Waals surface area contributed by atoms with Crippen molar-refractivity contribution in [2.75, 3.05) is 10.6 Å². The third-order valence-electron chi connectivity index (χ3n) is 5.18. The van der Waals surface area contributed by atoms with E-state index in [0.717, 1.165) is 10.2 Å². The van der Waals surface area contributed by atoms with Gasteiger partial charge >= 0.3 is 0 Å². The smallest absolute Gasteiger partial charge is 0.291 e. The molecule has 0 bridgehead atoms. The number of furan rings is 1. The average Bonchev–Trinajstić information content (AvgIpc) is 3.54. The number of anilines is 2. The Kier molecular flexibility index (Phi) is 6.82. The number of carbonyl (C=O) groups excluding carboxylic acids is 2. The lowest BCUT2D eigenvalue weighted by Crippen LogP contribution is -2.21. The van der Waals surface area contributed by atoms with Gasteiger partial charge in [-0.05, 0) is 54.0 Å². The summed E-state index contributed by atoms with van der Waals surface area (Å²) in [5, 5.41) is 13.9. The Morgan fingerprint density at radius 1 is 1.06 bits per heavy atom. The molecule has 10 nitrogen and oxygen atoms in total. The Hall–Kier alpha value is -3.86. The summed E-state index contributed by atoms with van der Waals surface area (Å²) in [6.07, 6.45) is 3.00. The Morgan fingerprint density at radius 2 is 1.79 bits per heavy atom. The van der Waals surface area contributed by atoms with Crippen LogP contribution in [-0.4, -0.2) is 31.4 Å². The molecule has 1 aromatic carbocycles. The van der Waals surface area contributed by atoms with Gasteiger partial charge in [-0.1, -0.05) is 12.1 Å². The second-order valence-electron chi connectivity index (χ2n) is 7.38. The van der Waals surface area contributed by atoms with Crippen molar-refractivity contribution in [1.29, 1.82) is 0 Å². The predicted molar refractivity (Wildman–Crippen MR) is 129 cm³/mol. The molecule has 0 radical (unpaired) electrons. The maximum atomic E-state index is 13.0. The SMILES string of the molecule is CCn1ncc(NC(=O)c2ccc(COc3ccccc3Br)o2)c1C(=O)Nc1cnn(C)c1C. The minimum absolute atomic E-state index is 0.0874. The highest BCUT2D eigenvalue weighted by molar-refractivity contribution is 9.10. The fourth-order valence-corrected chi connectivity index (χ4v) is 3.63. The van der Waals surface area contributed by atoms with Crippen LogP contribution in [0.3, 0.4) is 0 Å². The second-order valence-corrected chi connectivity index (χ2v) is 8.24. The van der Waals surface area contributed by atoms with E-state index in [9.17, 15) is 9.59 Å². The van der Waals surface area contributed by atoms with E-state index in [0.29, 0.717) is 23.7 Å². The first-order chi connectivity index (χ1) is 16.4. The van der Waals surface area contributed by atoms with Crippen molar-refractivity contribution >= 4 is 39.1 Å². The summed E-state index contributed by atoms with van der Waals surface area (Å²) in [5.41, 5.74) is 1.88. The summed E-state index contributed by atoms with van der Waals surface area (Å²) in [4.78, 5) is 25.8. The van der Waals surface area contributed by atoms with Crippen LogP contribution in [0.5, 0.6) is 5.75 Å². The molecule has 2 amide bonds. The van der Waals surface area contributed by atoms with Gasteiger partial charge in [0.2, 0.25) is 0 Å². The van der Waals surface area contributed by atoms with Gasteiger partial charge in [-0.2, -0.15) is 10.2 Å². The van der Waals surface area contributed by atoms with Gasteiger partial charge in [-0.15, -0.1) is 0 Å². The lowest BCUT2D eigenvalue weighted by molar-refractivity contribution is 0.0992. The number of nitrogens with zero attached hydrogens (tertiary/aromatic N) is 4. The number of aryl methyl sites for hydroxylation is 2. The molecule has 3 aromatic heterocycles. The van der Waals surface area contributed by atoms with Crippen LogP contribution < -0.4 is 15.4 Å². The van der Waals surface area contributed by atoms with E-state index in [1.54, 1.807) is 30.1 Å². The van der Waals surface area contributed by atoms with Crippen molar-refractivity contribution in [3.63, 3.8) is 0 Å². The van der Waals surface area contributed by atoms with Crippen LogP contribution in [0.4, 0.5) is 11.4 Å². The highest BCUT2D eigenvalue weighted by atomic mass is 79.9. The minimum Gasteiger partial charge on any atom is -0.484 e. The molecule has 4 aromatic rings. The lowest BCUT2D eigenvalue weighted by Gasteiger charge is -2.09. The molecule has 176 valence electrons. The van der Waals surface area contributed by atoms with E-state index < -0.39 is 11.8 Å². The van der Waals surface area contributed by atoms with Crippen molar-refractivity contribution in [1.82, 2.24) is 19.6 Å². The number of ether oxygens (including phenoxy) is 1. The summed E-state index contributed by atoms with van der Waals surface area (Å²) in [7, 11) is 1.79. The van der Waals surface area contributed by atoms with Crippen LogP contribution in [0, 0.1) is 6.92 Å². The molecule has 11 heteroatoms. The Balaban J connectivity index is 1.46. The van der Waals surface area contributed by atoms with Gasteiger partial charge in [0.25, 0.3) is 11.8 Å². The zero-order valence-corrected chi connectivity index (χ0v) is 20.4. The van der Waals surface area contributed by atoms with Crippen molar-refractivity contribution in [2.45, 2.75) is 27.0 Å². The van der Waals surface area contributed by atoms with Gasteiger partial charge < -0.3 is 19.8 Å². The molecule has 3 heterocycles. The third-order valence-corrected chi connectivity index (χ3v) is 5.83. The van der Waals surface area contributed by atoms with Gasteiger partial charge in [0.05, 0.1) is 33.9 Å². The average molecular weight is 527 g/mol. The fourth-order valence-electron chi connectivity index (χ4n) is 3.23. The van der Waals surface area contributed by atoms with Gasteiger partial charge in [0.1, 0.15) is 23.8 Å². The first-order valence-corrected chi connectivity index (χ1v) is 11.3. The van der Waals surface area contributed by atoms with Crippen LogP contribution >= 0.6 is 15.9 Å². The number of hydrogen-bond acceptors (Lipinski definition) is 6. The quantitative estimate of drug-likeness (QED) is 0.351. The number of amides is 2. The van der Waals surface area contributed by atoms with Crippen molar-refractivity contribution < 1.29 is 18.7 Å². The zero-order chi connectivity index (χ0) is 24.2. The predicted octanol–water partition coefficient (Wildman–Crippen LogP) is 4.38. The highest BCUT2D eigenvalue weighted by Crippen LogP contribution is 2.25. The number of carbonyl (C=O) groups is 2. The lowest BCUT2D eigenvalue weighted by atomic mass is 10.3. The van der Waals surface area contributed by atoms with Crippen molar-refractivity contribution in [3.8, 4) is 5.75 Å². The van der Waals surface area contributed by atoms with Crippen LogP contribution in [0.25, 0.3) is 0 Å². The van der Waals surface area contributed by atoms with Crippen LogP contribution in [0.2, 0.25) is 0 Å². The van der Waals surface area contributed by atoms with Gasteiger partial charge in [-0.25, -0.2) is 0 Å². The van der Waals surface area contributed by atoms with Gasteiger partial charge in [0.15, 0.2) is 5.76 Å². The van der Waals surface area contributed by atoms with Gasteiger partial charge in [-0.3, -0.25) is 19.0 Å². The highest BCUT2D eigenvalue weighted by Gasteiger charge is 2.22. The summed E-state index contributed by atoms with van der Waals surface area (Å²) < 4.78 is 15.3. The Labute approximate surface area is 204 Å². The normalized spacial score (nSPS) is 10.8. The number of hydrogen-bond donors (Lipinski definition) is 2. The molecule has 0 saturated carbocycles. The van der Waals surface area contributed by atoms with Gasteiger partial charge in [0, 0.05) is 13.6 Å². The van der Waals surface area contributed by atoms with Crippen LogP contribution in [-0.2, 0) is 20.2 Å². The maximum absolute atomic E-state index is 13.0. The Bertz CT molecular complexity index is 1340. The first kappa shape index (κ1) is 23.3. The van der Waals surface area contributed by atoms with E-state index in [4.69, 9.17) is 9.15 Å². The maximum Gasteiger partial charge on any atom is 0.291 e. The molecule has 0 fully saturated rings. The van der Waals surface area contributed by atoms with Crippen LogP contribution in [0.1, 0.15) is 39.4 Å². The summed E-state index contributed by atoms with van der Waals surface area (Å²) in [5.74, 6) is 0.318. The molecule has 0 spiro atoms. The summed E-state index contributed by atoms with van der Waals surface area (Å²) in [6.45, 7) is 4.30. The molecule has 34 heavy (non-hydrogen) atoms. The standard InChI is InChI=1S/C23H23BrN6O4/c1-4-30-21(23(32)27-17-11-25-29(3)14(17)2)18(12-26-30)28-22(31)20-10-9-15(34-20)13-33-19-8-6-5-7-16(19)24/h5-12H,4,13H2,1-3H3,(H,27,32)(H,28,31).